The van der Waals surface area contributed by atoms with Crippen molar-refractivity contribution < 1.29 is 13.2 Å². The number of pyridine rings is 1. The average molecular weight is 284 g/mol. The lowest BCUT2D eigenvalue weighted by Crippen LogP contribution is -2.27. The molecule has 0 aliphatic heterocycles. The number of halogens is 3. The number of rotatable bonds is 1. The summed E-state index contributed by atoms with van der Waals surface area (Å²) in [5.41, 5.74) is 6.99. The van der Waals surface area contributed by atoms with E-state index in [9.17, 15) is 13.2 Å². The van der Waals surface area contributed by atoms with Gasteiger partial charge in [0.15, 0.2) is 5.65 Å². The molecule has 7 heteroatoms. The zero-order chi connectivity index (χ0) is 14.3. The Morgan fingerprint density at radius 3 is 2.45 bits per heavy atom. The van der Waals surface area contributed by atoms with Crippen molar-refractivity contribution >= 4 is 11.3 Å². The number of alkyl halides is 3. The second-order valence-electron chi connectivity index (χ2n) is 5.34. The molecule has 0 bridgehead atoms. The second-order valence-corrected chi connectivity index (χ2v) is 5.34. The van der Waals surface area contributed by atoms with Gasteiger partial charge in [-0.05, 0) is 37.8 Å². The number of nitrogens with zero attached hydrogens (tertiary/aromatic N) is 3. The largest absolute Gasteiger partial charge is 0.398 e. The normalized spacial score (nSPS) is 24.1. The van der Waals surface area contributed by atoms with E-state index < -0.39 is 12.1 Å². The SMILES string of the molecule is Nc1ccc2nnc(C3CCC(C(F)(F)F)CC3)n2c1. The fourth-order valence-electron chi connectivity index (χ4n) is 2.88. The van der Waals surface area contributed by atoms with Crippen LogP contribution in [-0.2, 0) is 0 Å². The predicted molar refractivity (Wildman–Crippen MR) is 68.2 cm³/mol. The van der Waals surface area contributed by atoms with Crippen LogP contribution in [0.5, 0.6) is 0 Å². The van der Waals surface area contributed by atoms with E-state index in [1.54, 1.807) is 22.7 Å². The molecule has 4 nitrogen and oxygen atoms in total. The molecule has 0 amide bonds. The van der Waals surface area contributed by atoms with Crippen molar-refractivity contribution in [3.8, 4) is 0 Å². The van der Waals surface area contributed by atoms with E-state index in [0.29, 0.717) is 30.0 Å². The lowest BCUT2D eigenvalue weighted by Gasteiger charge is -2.28. The molecule has 1 aliphatic rings. The van der Waals surface area contributed by atoms with Gasteiger partial charge >= 0.3 is 6.18 Å². The van der Waals surface area contributed by atoms with Gasteiger partial charge in [-0.25, -0.2) is 0 Å². The van der Waals surface area contributed by atoms with Crippen molar-refractivity contribution in [2.75, 3.05) is 5.73 Å². The molecule has 2 aromatic rings. The first-order valence-corrected chi connectivity index (χ1v) is 6.62. The van der Waals surface area contributed by atoms with Crippen LogP contribution < -0.4 is 5.73 Å². The van der Waals surface area contributed by atoms with Crippen molar-refractivity contribution in [3.05, 3.63) is 24.2 Å². The van der Waals surface area contributed by atoms with Crippen LogP contribution in [0.1, 0.15) is 37.4 Å². The fraction of sp³-hybridized carbons (Fsp3) is 0.538. The van der Waals surface area contributed by atoms with Gasteiger partial charge in [0.1, 0.15) is 5.82 Å². The number of hydrogen-bond donors (Lipinski definition) is 1. The first-order valence-electron chi connectivity index (χ1n) is 6.62. The number of hydrogen-bond acceptors (Lipinski definition) is 3. The van der Waals surface area contributed by atoms with Crippen molar-refractivity contribution in [1.29, 1.82) is 0 Å². The summed E-state index contributed by atoms with van der Waals surface area (Å²) >= 11 is 0. The van der Waals surface area contributed by atoms with Gasteiger partial charge in [0.2, 0.25) is 0 Å². The van der Waals surface area contributed by atoms with Crippen LogP contribution in [-0.4, -0.2) is 20.8 Å². The Morgan fingerprint density at radius 1 is 1.10 bits per heavy atom. The van der Waals surface area contributed by atoms with Crippen LogP contribution in [0.4, 0.5) is 18.9 Å². The average Bonchev–Trinajstić information content (AvgIpc) is 2.81. The van der Waals surface area contributed by atoms with Crippen molar-refractivity contribution in [1.82, 2.24) is 14.6 Å². The van der Waals surface area contributed by atoms with Crippen LogP contribution in [0.25, 0.3) is 5.65 Å². The molecule has 1 saturated carbocycles. The Labute approximate surface area is 113 Å². The zero-order valence-corrected chi connectivity index (χ0v) is 10.8. The van der Waals surface area contributed by atoms with Crippen molar-refractivity contribution in [2.24, 2.45) is 5.92 Å². The number of anilines is 1. The molecule has 0 unspecified atom stereocenters. The Kier molecular flexibility index (Phi) is 3.07. The minimum Gasteiger partial charge on any atom is -0.398 e. The van der Waals surface area contributed by atoms with Gasteiger partial charge in [0.05, 0.1) is 5.92 Å². The molecular weight excluding hydrogens is 269 g/mol. The Balaban J connectivity index is 1.82. The summed E-state index contributed by atoms with van der Waals surface area (Å²) in [6.45, 7) is 0. The monoisotopic (exact) mass is 284 g/mol. The second kappa shape index (κ2) is 4.64. The summed E-state index contributed by atoms with van der Waals surface area (Å²) in [5, 5.41) is 8.16. The molecule has 0 radical (unpaired) electrons. The van der Waals surface area contributed by atoms with Gasteiger partial charge in [-0.1, -0.05) is 0 Å². The highest BCUT2D eigenvalue weighted by Crippen LogP contribution is 2.42. The highest BCUT2D eigenvalue weighted by atomic mass is 19.4. The van der Waals surface area contributed by atoms with E-state index in [-0.39, 0.29) is 18.8 Å². The molecule has 2 heterocycles. The summed E-state index contributed by atoms with van der Waals surface area (Å²) in [7, 11) is 0. The molecule has 20 heavy (non-hydrogen) atoms. The van der Waals surface area contributed by atoms with Crippen LogP contribution in [0.3, 0.4) is 0 Å². The van der Waals surface area contributed by atoms with Crippen LogP contribution in [0.2, 0.25) is 0 Å². The van der Waals surface area contributed by atoms with Crippen LogP contribution in [0, 0.1) is 5.92 Å². The number of nitrogen functional groups attached to an aromatic ring is 1. The van der Waals surface area contributed by atoms with E-state index >= 15 is 0 Å². The molecule has 1 aliphatic carbocycles. The molecular formula is C13H15F3N4. The predicted octanol–water partition coefficient (Wildman–Crippen LogP) is 3.15. The topological polar surface area (TPSA) is 56.2 Å². The zero-order valence-electron chi connectivity index (χ0n) is 10.8. The third kappa shape index (κ3) is 2.32. The lowest BCUT2D eigenvalue weighted by atomic mass is 9.81. The number of fused-ring (bicyclic) bond motifs is 1. The minimum atomic E-state index is -4.08. The molecule has 108 valence electrons. The van der Waals surface area contributed by atoms with Crippen LogP contribution in [0.15, 0.2) is 18.3 Å². The molecule has 0 aromatic carbocycles. The highest BCUT2D eigenvalue weighted by Gasteiger charge is 2.42. The number of nitrogens with two attached hydrogens (primary N) is 1. The molecule has 0 atom stereocenters. The van der Waals surface area contributed by atoms with E-state index in [2.05, 4.69) is 10.2 Å². The maximum atomic E-state index is 12.7. The molecule has 2 N–H and O–H groups in total. The molecule has 0 saturated heterocycles. The maximum Gasteiger partial charge on any atom is 0.391 e. The summed E-state index contributed by atoms with van der Waals surface area (Å²) in [5.74, 6) is -0.443. The maximum absolute atomic E-state index is 12.7. The van der Waals surface area contributed by atoms with E-state index in [0.717, 1.165) is 0 Å². The van der Waals surface area contributed by atoms with Gasteiger partial charge in [0.25, 0.3) is 0 Å². The minimum absolute atomic E-state index is 0.0189. The van der Waals surface area contributed by atoms with Gasteiger partial charge in [-0.2, -0.15) is 13.2 Å². The van der Waals surface area contributed by atoms with E-state index in [1.807, 2.05) is 0 Å². The first kappa shape index (κ1) is 13.2. The first-order chi connectivity index (χ1) is 9.45. The third-order valence-corrected chi connectivity index (χ3v) is 4.01. The van der Waals surface area contributed by atoms with Crippen molar-refractivity contribution in [3.63, 3.8) is 0 Å². The Morgan fingerprint density at radius 2 is 1.80 bits per heavy atom. The van der Waals surface area contributed by atoms with E-state index in [4.69, 9.17) is 5.73 Å². The smallest absolute Gasteiger partial charge is 0.391 e. The Bertz CT molecular complexity index is 612. The van der Waals surface area contributed by atoms with Gasteiger partial charge in [-0.15, -0.1) is 10.2 Å². The van der Waals surface area contributed by atoms with Gasteiger partial charge in [0, 0.05) is 17.8 Å². The standard InChI is InChI=1S/C13H15F3N4/c14-13(15,16)9-3-1-8(2-4-9)12-19-18-11-6-5-10(17)7-20(11)12/h5-9H,1-4,17H2. The quantitative estimate of drug-likeness (QED) is 0.875. The van der Waals surface area contributed by atoms with Crippen LogP contribution >= 0.6 is 0 Å². The summed E-state index contributed by atoms with van der Waals surface area (Å²) in [6.07, 6.45) is -1.07. The van der Waals surface area contributed by atoms with E-state index in [1.165, 1.54) is 0 Å². The highest BCUT2D eigenvalue weighted by molar-refractivity contribution is 5.47. The fourth-order valence-corrected chi connectivity index (χ4v) is 2.88. The molecule has 3 rings (SSSR count). The molecule has 0 spiro atoms. The van der Waals surface area contributed by atoms with Crippen molar-refractivity contribution in [2.45, 2.75) is 37.8 Å². The summed E-state index contributed by atoms with van der Waals surface area (Å²) in [4.78, 5) is 0. The lowest BCUT2D eigenvalue weighted by molar-refractivity contribution is -0.182. The molecule has 1 fully saturated rings. The summed E-state index contributed by atoms with van der Waals surface area (Å²) in [6, 6.07) is 3.49. The molecule has 2 aromatic heterocycles. The van der Waals surface area contributed by atoms with Gasteiger partial charge < -0.3 is 5.73 Å². The number of aromatic nitrogens is 3. The third-order valence-electron chi connectivity index (χ3n) is 4.01. The Hall–Kier alpha value is -1.79. The van der Waals surface area contributed by atoms with Gasteiger partial charge in [-0.3, -0.25) is 4.40 Å². The summed E-state index contributed by atoms with van der Waals surface area (Å²) < 4.78 is 39.8.